The minimum atomic E-state index is -0.188. The fourth-order valence-corrected chi connectivity index (χ4v) is 7.69. The van der Waals surface area contributed by atoms with Gasteiger partial charge >= 0.3 is 11.9 Å². The van der Waals surface area contributed by atoms with Gasteiger partial charge in [-0.25, -0.2) is 0 Å². The van der Waals surface area contributed by atoms with Gasteiger partial charge in [0.1, 0.15) is 12.2 Å². The summed E-state index contributed by atoms with van der Waals surface area (Å²) in [5, 5.41) is 2.12. The smallest absolute Gasteiger partial charge is 0.306 e. The molecule has 0 radical (unpaired) electrons. The lowest BCUT2D eigenvalue weighted by atomic mass is 9.77. The third-order valence-corrected chi connectivity index (χ3v) is 9.05. The van der Waals surface area contributed by atoms with Gasteiger partial charge < -0.3 is 9.47 Å². The predicted octanol–water partition coefficient (Wildman–Crippen LogP) is 8.23. The molecule has 42 heavy (non-hydrogen) atoms. The van der Waals surface area contributed by atoms with Gasteiger partial charge in [-0.3, -0.25) is 19.3 Å². The van der Waals surface area contributed by atoms with E-state index in [1.807, 2.05) is 0 Å². The summed E-state index contributed by atoms with van der Waals surface area (Å²) in [6.07, 6.45) is 11.1. The maximum absolute atomic E-state index is 12.6. The van der Waals surface area contributed by atoms with E-state index in [0.29, 0.717) is 25.4 Å². The first-order valence-electron chi connectivity index (χ1n) is 17.0. The second kappa shape index (κ2) is 15.7. The Balaban J connectivity index is 1.60. The number of likely N-dealkylation sites (tertiary alicyclic amines) is 1. The lowest BCUT2D eigenvalue weighted by Gasteiger charge is -2.55. The van der Waals surface area contributed by atoms with E-state index in [2.05, 4.69) is 86.1 Å². The molecular formula is C35H66N2O5. The van der Waals surface area contributed by atoms with Crippen molar-refractivity contribution in [2.75, 3.05) is 13.2 Å². The van der Waals surface area contributed by atoms with Crippen LogP contribution in [0.3, 0.4) is 0 Å². The molecule has 0 atom stereocenters. The van der Waals surface area contributed by atoms with Crippen LogP contribution < -0.4 is 0 Å². The molecule has 2 saturated heterocycles. The highest BCUT2D eigenvalue weighted by Crippen LogP contribution is 2.41. The third-order valence-electron chi connectivity index (χ3n) is 9.05. The monoisotopic (exact) mass is 594 g/mol. The molecular weight excluding hydrogens is 528 g/mol. The summed E-state index contributed by atoms with van der Waals surface area (Å²) in [5.41, 5.74) is -0.353. The van der Waals surface area contributed by atoms with Crippen LogP contribution in [0.15, 0.2) is 0 Å². The van der Waals surface area contributed by atoms with Gasteiger partial charge in [-0.1, -0.05) is 46.5 Å². The minimum absolute atomic E-state index is 0.00949. The van der Waals surface area contributed by atoms with E-state index in [1.54, 1.807) is 0 Å². The molecule has 7 heteroatoms. The number of esters is 2. The molecule has 0 amide bonds. The molecule has 2 aliphatic rings. The number of nitrogens with zero attached hydrogens (tertiary/aromatic N) is 2. The lowest BCUT2D eigenvalue weighted by molar-refractivity contribution is -0.293. The topological polar surface area (TPSA) is 68.3 Å². The maximum atomic E-state index is 12.6. The zero-order chi connectivity index (χ0) is 31.8. The molecule has 2 fully saturated rings. The molecule has 0 bridgehead atoms. The fourth-order valence-electron chi connectivity index (χ4n) is 7.69. The number of hydrogen-bond acceptors (Lipinski definition) is 7. The fraction of sp³-hybridized carbons (Fsp3) is 0.943. The Labute approximate surface area is 258 Å². The van der Waals surface area contributed by atoms with Crippen LogP contribution in [0.25, 0.3) is 0 Å². The van der Waals surface area contributed by atoms with Gasteiger partial charge in [0.05, 0.1) is 6.61 Å². The van der Waals surface area contributed by atoms with Crippen LogP contribution in [-0.2, 0) is 23.9 Å². The van der Waals surface area contributed by atoms with E-state index >= 15 is 0 Å². The average Bonchev–Trinajstić information content (AvgIpc) is 2.81. The predicted molar refractivity (Wildman–Crippen MR) is 171 cm³/mol. The molecule has 0 unspecified atom stereocenters. The zero-order valence-corrected chi connectivity index (χ0v) is 29.3. The quantitative estimate of drug-likeness (QED) is 0.132. The van der Waals surface area contributed by atoms with E-state index in [1.165, 1.54) is 0 Å². The standard InChI is InChI=1S/C35H66N2O5/c1-12-21-40-37-34(8,9)24-29(25-35(37,10)11)42-31(39)20-18-16-14-13-15-17-19-30(38)41-28-22-32(4,5)36(26-27(2)3)33(6,7)23-28/h27-29H,12-26H2,1-11H3. The summed E-state index contributed by atoms with van der Waals surface area (Å²) < 4.78 is 11.9. The highest BCUT2D eigenvalue weighted by molar-refractivity contribution is 5.69. The van der Waals surface area contributed by atoms with Crippen LogP contribution in [0.2, 0.25) is 0 Å². The number of ether oxygens (including phenoxy) is 2. The molecule has 7 nitrogen and oxygen atoms in total. The summed E-state index contributed by atoms with van der Waals surface area (Å²) in [5.74, 6) is 0.468. The Hall–Kier alpha value is -1.18. The van der Waals surface area contributed by atoms with Crippen LogP contribution >= 0.6 is 0 Å². The van der Waals surface area contributed by atoms with Crippen LogP contribution in [0.4, 0.5) is 0 Å². The first kappa shape index (κ1) is 37.0. The molecule has 246 valence electrons. The van der Waals surface area contributed by atoms with Crippen molar-refractivity contribution in [3.63, 3.8) is 0 Å². The van der Waals surface area contributed by atoms with Crippen molar-refractivity contribution in [1.82, 2.24) is 9.96 Å². The second-order valence-corrected chi connectivity index (χ2v) is 16.0. The van der Waals surface area contributed by atoms with Crippen molar-refractivity contribution in [2.24, 2.45) is 5.92 Å². The van der Waals surface area contributed by atoms with Crippen LogP contribution in [-0.4, -0.2) is 69.4 Å². The first-order valence-corrected chi connectivity index (χ1v) is 17.0. The molecule has 0 spiro atoms. The van der Waals surface area contributed by atoms with Crippen molar-refractivity contribution in [3.8, 4) is 0 Å². The van der Waals surface area contributed by atoms with Crippen LogP contribution in [0, 0.1) is 5.92 Å². The number of rotatable bonds is 16. The van der Waals surface area contributed by atoms with E-state index in [4.69, 9.17) is 14.3 Å². The van der Waals surface area contributed by atoms with Crippen molar-refractivity contribution in [3.05, 3.63) is 0 Å². The number of hydrogen-bond donors (Lipinski definition) is 0. The molecule has 2 aliphatic heterocycles. The molecule has 0 aromatic rings. The molecule has 0 aliphatic carbocycles. The van der Waals surface area contributed by atoms with Gasteiger partial charge in [0, 0.05) is 67.2 Å². The van der Waals surface area contributed by atoms with E-state index in [-0.39, 0.29) is 46.3 Å². The Morgan fingerprint density at radius 1 is 0.667 bits per heavy atom. The molecule has 0 aromatic carbocycles. The molecule has 0 aromatic heterocycles. The largest absolute Gasteiger partial charge is 0.462 e. The third kappa shape index (κ3) is 11.4. The van der Waals surface area contributed by atoms with Crippen LogP contribution in [0.5, 0.6) is 0 Å². The van der Waals surface area contributed by atoms with Crippen molar-refractivity contribution < 1.29 is 23.9 Å². The zero-order valence-electron chi connectivity index (χ0n) is 29.3. The molecule has 2 rings (SSSR count). The van der Waals surface area contributed by atoms with Gasteiger partial charge in [-0.2, -0.15) is 5.06 Å². The second-order valence-electron chi connectivity index (χ2n) is 16.0. The van der Waals surface area contributed by atoms with E-state index in [9.17, 15) is 9.59 Å². The SMILES string of the molecule is CCCON1C(C)(C)CC(OC(=O)CCCCCCCCC(=O)OC2CC(C)(C)N(CC(C)C)C(C)(C)C2)CC1(C)C. The summed E-state index contributed by atoms with van der Waals surface area (Å²) in [6.45, 7) is 26.2. The van der Waals surface area contributed by atoms with Gasteiger partial charge in [-0.05, 0) is 80.6 Å². The van der Waals surface area contributed by atoms with Gasteiger partial charge in [-0.15, -0.1) is 0 Å². The highest BCUT2D eigenvalue weighted by atomic mass is 16.7. The van der Waals surface area contributed by atoms with Gasteiger partial charge in [0.15, 0.2) is 0 Å². The number of hydroxylamine groups is 2. The highest BCUT2D eigenvalue weighted by Gasteiger charge is 2.48. The summed E-state index contributed by atoms with van der Waals surface area (Å²) in [7, 11) is 0. The van der Waals surface area contributed by atoms with Crippen molar-refractivity contribution in [2.45, 2.75) is 194 Å². The van der Waals surface area contributed by atoms with Gasteiger partial charge in [0.25, 0.3) is 0 Å². The number of piperidine rings is 2. The normalized spacial score (nSPS) is 22.8. The average molecular weight is 595 g/mol. The number of unbranched alkanes of at least 4 members (excludes halogenated alkanes) is 5. The Morgan fingerprint density at radius 3 is 1.43 bits per heavy atom. The molecule has 0 N–H and O–H groups in total. The van der Waals surface area contributed by atoms with Crippen molar-refractivity contribution >= 4 is 11.9 Å². The molecule has 2 heterocycles. The summed E-state index contributed by atoms with van der Waals surface area (Å²) in [6, 6.07) is 0. The number of carbonyl (C=O) groups is 2. The van der Waals surface area contributed by atoms with E-state index in [0.717, 1.165) is 77.2 Å². The molecule has 0 saturated carbocycles. The summed E-state index contributed by atoms with van der Waals surface area (Å²) in [4.78, 5) is 33.9. The Kier molecular flexibility index (Phi) is 13.8. The Morgan fingerprint density at radius 2 is 1.05 bits per heavy atom. The van der Waals surface area contributed by atoms with Crippen LogP contribution in [0.1, 0.15) is 160 Å². The minimum Gasteiger partial charge on any atom is -0.462 e. The first-order chi connectivity index (χ1) is 19.4. The maximum Gasteiger partial charge on any atom is 0.306 e. The lowest BCUT2D eigenvalue weighted by Crippen LogP contribution is -2.63. The number of carbonyl (C=O) groups excluding carboxylic acids is 2. The van der Waals surface area contributed by atoms with E-state index < -0.39 is 0 Å². The van der Waals surface area contributed by atoms with Gasteiger partial charge in [0.2, 0.25) is 0 Å². The summed E-state index contributed by atoms with van der Waals surface area (Å²) >= 11 is 0. The van der Waals surface area contributed by atoms with Crippen molar-refractivity contribution in [1.29, 1.82) is 0 Å². The Bertz CT molecular complexity index is 814.